The molecule has 0 radical (unpaired) electrons. The third kappa shape index (κ3) is 12.8. The lowest BCUT2D eigenvalue weighted by molar-refractivity contribution is 1.17. The zero-order valence-corrected chi connectivity index (χ0v) is 59.9. The van der Waals surface area contributed by atoms with E-state index in [2.05, 4.69) is 435 Å². The number of benzene rings is 17. The van der Waals surface area contributed by atoms with Crippen LogP contribution in [0.5, 0.6) is 0 Å². The van der Waals surface area contributed by atoms with Crippen LogP contribution in [0.25, 0.3) is 143 Å². The Morgan fingerprint density at radius 2 is 0.413 bits per heavy atom. The molecule has 0 aliphatic heterocycles. The predicted molar refractivity (Wildman–Crippen MR) is 462 cm³/mol. The van der Waals surface area contributed by atoms with Gasteiger partial charge in [0.1, 0.15) is 0 Å². The number of aromatic nitrogens is 4. The van der Waals surface area contributed by atoms with Gasteiger partial charge in [0.15, 0.2) is 0 Å². The van der Waals surface area contributed by atoms with Gasteiger partial charge in [0.25, 0.3) is 0 Å². The second-order valence-corrected chi connectivity index (χ2v) is 27.8. The Labute approximate surface area is 633 Å². The van der Waals surface area contributed by atoms with Gasteiger partial charge in [-0.2, -0.15) is 0 Å². The first-order valence-corrected chi connectivity index (χ1v) is 37.3. The highest BCUT2D eigenvalue weighted by molar-refractivity contribution is 6.13. The van der Waals surface area contributed by atoms with E-state index in [0.717, 1.165) is 46.2 Å². The number of nitrogens with one attached hydrogen (secondary N) is 2. The van der Waals surface area contributed by atoms with Gasteiger partial charge in [-0.15, -0.1) is 0 Å². The molecule has 0 spiro atoms. The minimum absolute atomic E-state index is 0.926. The largest absolute Gasteiger partial charge is 0.355 e. The summed E-state index contributed by atoms with van der Waals surface area (Å²) in [4.78, 5) is 0. The van der Waals surface area contributed by atoms with Crippen LogP contribution < -0.4 is 10.6 Å². The number of fused-ring (bicyclic) bond motifs is 12. The molecule has 0 atom stereocenters. The van der Waals surface area contributed by atoms with Crippen LogP contribution >= 0.6 is 0 Å². The molecule has 0 saturated carbocycles. The van der Waals surface area contributed by atoms with Gasteiger partial charge in [0.05, 0.1) is 44.1 Å². The first-order valence-electron chi connectivity index (χ1n) is 37.3. The van der Waals surface area contributed by atoms with Gasteiger partial charge in [-0.3, -0.25) is 0 Å². The maximum absolute atomic E-state index is 3.74. The van der Waals surface area contributed by atoms with E-state index in [0.29, 0.717) is 0 Å². The molecule has 0 aliphatic carbocycles. The lowest BCUT2D eigenvalue weighted by atomic mass is 9.99. The first-order chi connectivity index (χ1) is 54.0. The molecule has 516 valence electrons. The van der Waals surface area contributed by atoms with Crippen molar-refractivity contribution in [3.05, 3.63) is 436 Å². The summed E-state index contributed by atoms with van der Waals surface area (Å²) in [5.41, 5.74) is 28.7. The zero-order chi connectivity index (χ0) is 72.4. The van der Waals surface area contributed by atoms with E-state index in [-0.39, 0.29) is 0 Å². The average Bonchev–Trinajstić information content (AvgIpc) is 1.62. The van der Waals surface area contributed by atoms with Crippen molar-refractivity contribution in [3.8, 4) is 56.1 Å². The molecule has 0 unspecified atom stereocenters. The quantitative estimate of drug-likeness (QED) is 0.121. The second kappa shape index (κ2) is 28.9. The smallest absolute Gasteiger partial charge is 0.0561 e. The number of hydrogen-bond donors (Lipinski definition) is 2. The highest BCUT2D eigenvalue weighted by Crippen LogP contribution is 2.40. The number of hydrogen-bond acceptors (Lipinski definition) is 2. The molecule has 2 N–H and O–H groups in total. The molecule has 21 aromatic rings. The molecule has 6 nitrogen and oxygen atoms in total. The molecule has 6 heteroatoms. The molecule has 109 heavy (non-hydrogen) atoms. The van der Waals surface area contributed by atoms with Crippen LogP contribution in [0.3, 0.4) is 0 Å². The minimum atomic E-state index is 0.926. The fraction of sp³-hybridized carbons (Fsp3) is 0.00971. The fourth-order valence-corrected chi connectivity index (χ4v) is 15.9. The average molecular weight is 1400 g/mol. The Morgan fingerprint density at radius 3 is 0.789 bits per heavy atom. The molecule has 0 saturated heterocycles. The van der Waals surface area contributed by atoms with Crippen molar-refractivity contribution < 1.29 is 0 Å². The minimum Gasteiger partial charge on any atom is -0.355 e. The second-order valence-electron chi connectivity index (χ2n) is 27.8. The van der Waals surface area contributed by atoms with Gasteiger partial charge < -0.3 is 28.9 Å². The van der Waals surface area contributed by atoms with Crippen molar-refractivity contribution in [1.29, 1.82) is 0 Å². The van der Waals surface area contributed by atoms with Gasteiger partial charge in [0.2, 0.25) is 0 Å². The van der Waals surface area contributed by atoms with Crippen molar-refractivity contribution in [2.24, 2.45) is 0 Å². The van der Waals surface area contributed by atoms with Crippen molar-refractivity contribution in [1.82, 2.24) is 18.3 Å². The summed E-state index contributed by atoms with van der Waals surface area (Å²) < 4.78 is 9.45. The van der Waals surface area contributed by atoms with Crippen LogP contribution in [-0.2, 0) is 6.42 Å². The Kier molecular flexibility index (Phi) is 17.3. The van der Waals surface area contributed by atoms with Gasteiger partial charge in [-0.25, -0.2) is 0 Å². The molecule has 0 bridgehead atoms. The summed E-state index contributed by atoms with van der Waals surface area (Å²) in [7, 11) is 0. The van der Waals surface area contributed by atoms with Crippen LogP contribution in [0.15, 0.2) is 425 Å². The van der Waals surface area contributed by atoms with Gasteiger partial charge >= 0.3 is 0 Å². The maximum Gasteiger partial charge on any atom is 0.0561 e. The molecule has 21 rings (SSSR count). The van der Waals surface area contributed by atoms with E-state index >= 15 is 0 Å². The Hall–Kier alpha value is -14.5. The van der Waals surface area contributed by atoms with Crippen LogP contribution in [0, 0.1) is 0 Å². The first kappa shape index (κ1) is 65.3. The van der Waals surface area contributed by atoms with Gasteiger partial charge in [-0.1, -0.05) is 291 Å². The molecular formula is C103H74N6. The highest BCUT2D eigenvalue weighted by atomic mass is 15.0. The number of rotatable bonds is 13. The van der Waals surface area contributed by atoms with E-state index in [1.165, 1.54) is 137 Å². The zero-order valence-electron chi connectivity index (χ0n) is 59.9. The fourth-order valence-electron chi connectivity index (χ4n) is 15.9. The molecule has 4 heterocycles. The summed E-state index contributed by atoms with van der Waals surface area (Å²) in [6.07, 6.45) is 0.926. The third-order valence-corrected chi connectivity index (χ3v) is 21.1. The third-order valence-electron chi connectivity index (χ3n) is 21.1. The standard InChI is InChI=1S/C42H29N3.C31H23N.C30H22N2/c1-3-11-29(12-4-1)30-19-23-34(24-20-30)45-40-18-10-8-16-36(40)38-26-22-32(28-42(38)45)43-31-21-25-37-35-15-7-9-17-39(35)44(41(37)27-31)33-13-5-2-6-14-33;1-3-9-25(10-4-1)26-18-15-23(16-19-26)21-24-17-20-31-29(22-24)28-13-7-8-14-30(28)32(31)27-11-5-2-6-12-27;1-3-9-22(10-4-1)23-15-18-26(19-16-23)32-29-14-8-7-13-27(29)28-20-17-25(21-30(28)32)31-24-11-5-2-6-12-24/h1-28,43H;1-20,22H,21H2;1-21,31H. The molecule has 4 aromatic heterocycles. The van der Waals surface area contributed by atoms with Crippen LogP contribution in [-0.4, -0.2) is 18.3 Å². The summed E-state index contributed by atoms with van der Waals surface area (Å²) in [5.74, 6) is 0. The predicted octanol–water partition coefficient (Wildman–Crippen LogP) is 27.5. The lowest BCUT2D eigenvalue weighted by Crippen LogP contribution is -1.96. The normalized spacial score (nSPS) is 11.3. The van der Waals surface area contributed by atoms with E-state index in [1.54, 1.807) is 0 Å². The molecular weight excluding hydrogens is 1320 g/mol. The Bertz CT molecular complexity index is 6800. The summed E-state index contributed by atoms with van der Waals surface area (Å²) in [6, 6.07) is 151. The SMILES string of the molecule is c1ccc(-c2ccc(-n3c4ccccc4c4ccc(Nc5ccc6c7ccccc7n(-c7ccccc7)c6c5)cc43)cc2)cc1.c1ccc(-c2ccc(Cc3ccc4c(c3)c3ccccc3n4-c3ccccc3)cc2)cc1.c1ccc(Nc2ccc3c4ccccc4n(-c4ccc(-c5ccccc5)cc4)c3c2)cc1. The summed E-state index contributed by atoms with van der Waals surface area (Å²) >= 11 is 0. The lowest BCUT2D eigenvalue weighted by Gasteiger charge is -2.12. The van der Waals surface area contributed by atoms with Crippen LogP contribution in [0.4, 0.5) is 22.7 Å². The van der Waals surface area contributed by atoms with E-state index in [1.807, 2.05) is 18.2 Å². The van der Waals surface area contributed by atoms with Gasteiger partial charge in [-0.05, 0) is 184 Å². The van der Waals surface area contributed by atoms with Crippen LogP contribution in [0.2, 0.25) is 0 Å². The Morgan fingerprint density at radius 1 is 0.156 bits per heavy atom. The van der Waals surface area contributed by atoms with Crippen molar-refractivity contribution in [2.45, 2.75) is 6.42 Å². The van der Waals surface area contributed by atoms with Crippen molar-refractivity contribution in [3.63, 3.8) is 0 Å². The van der Waals surface area contributed by atoms with E-state index in [9.17, 15) is 0 Å². The van der Waals surface area contributed by atoms with Crippen LogP contribution in [0.1, 0.15) is 11.1 Å². The van der Waals surface area contributed by atoms with Gasteiger partial charge in [0, 0.05) is 88.6 Å². The monoisotopic (exact) mass is 1390 g/mol. The summed E-state index contributed by atoms with van der Waals surface area (Å²) in [6.45, 7) is 0. The molecule has 0 fully saturated rings. The molecule has 0 aliphatic rings. The van der Waals surface area contributed by atoms with Crippen molar-refractivity contribution in [2.75, 3.05) is 10.6 Å². The summed E-state index contributed by atoms with van der Waals surface area (Å²) in [5, 5.41) is 17.4. The Balaban J connectivity index is 0.000000114. The van der Waals surface area contributed by atoms with E-state index < -0.39 is 0 Å². The number of para-hydroxylation sites is 7. The van der Waals surface area contributed by atoms with Crippen molar-refractivity contribution >= 4 is 110 Å². The number of anilines is 4. The molecule has 0 amide bonds. The maximum atomic E-state index is 3.74. The van der Waals surface area contributed by atoms with E-state index in [4.69, 9.17) is 0 Å². The number of nitrogens with zero attached hydrogens (tertiary/aromatic N) is 4. The highest BCUT2D eigenvalue weighted by Gasteiger charge is 2.19. The topological polar surface area (TPSA) is 43.8 Å². The molecule has 17 aromatic carbocycles.